The molecule has 5 nitrogen and oxygen atoms in total. The van der Waals surface area contributed by atoms with Gasteiger partial charge in [-0.2, -0.15) is 13.2 Å². The summed E-state index contributed by atoms with van der Waals surface area (Å²) in [6.45, 7) is 5.88. The van der Waals surface area contributed by atoms with Crippen LogP contribution in [0.4, 0.5) is 18.9 Å². The molecule has 0 radical (unpaired) electrons. The lowest BCUT2D eigenvalue weighted by Crippen LogP contribution is -2.25. The van der Waals surface area contributed by atoms with Crippen molar-refractivity contribution in [1.29, 1.82) is 0 Å². The van der Waals surface area contributed by atoms with Crippen LogP contribution in [0.15, 0.2) is 57.3 Å². The number of hydrogen-bond donors (Lipinski definition) is 1. The number of nitrogens with zero attached hydrogens (tertiary/aromatic N) is 2. The van der Waals surface area contributed by atoms with E-state index in [9.17, 15) is 22.8 Å². The molecule has 1 aliphatic heterocycles. The molecule has 2 heterocycles. The molecule has 0 saturated heterocycles. The number of thioether (sulfide) groups is 2. The zero-order valence-electron chi connectivity index (χ0n) is 18.7. The second-order valence-electron chi connectivity index (χ2n) is 8.17. The summed E-state index contributed by atoms with van der Waals surface area (Å²) in [5.74, 6) is -0.823. The van der Waals surface area contributed by atoms with Gasteiger partial charge in [0.15, 0.2) is 5.16 Å². The molecule has 1 N–H and O–H groups in total. The van der Waals surface area contributed by atoms with Crippen LogP contribution in [-0.2, 0) is 17.4 Å². The number of alkyl halides is 3. The Kier molecular flexibility index (Phi) is 6.82. The molecule has 0 aliphatic carbocycles. The molecule has 0 spiro atoms. The highest BCUT2D eigenvalue weighted by Gasteiger charge is 2.33. The first kappa shape index (κ1) is 24.4. The van der Waals surface area contributed by atoms with Crippen molar-refractivity contribution in [3.05, 3.63) is 75.2 Å². The Morgan fingerprint density at radius 2 is 1.88 bits per heavy atom. The first-order chi connectivity index (χ1) is 16.0. The van der Waals surface area contributed by atoms with Gasteiger partial charge in [-0.25, -0.2) is 4.98 Å². The molecule has 1 amide bonds. The number of aromatic nitrogens is 2. The monoisotopic (exact) mass is 505 g/mol. The van der Waals surface area contributed by atoms with Gasteiger partial charge >= 0.3 is 6.18 Å². The summed E-state index contributed by atoms with van der Waals surface area (Å²) >= 11 is 2.51. The van der Waals surface area contributed by atoms with Crippen molar-refractivity contribution in [3.63, 3.8) is 0 Å². The van der Waals surface area contributed by atoms with Crippen molar-refractivity contribution in [2.75, 3.05) is 11.1 Å². The van der Waals surface area contributed by atoms with Gasteiger partial charge in [0.05, 0.1) is 33.3 Å². The lowest BCUT2D eigenvalue weighted by molar-refractivity contribution is -0.137. The largest absolute Gasteiger partial charge is 0.418 e. The maximum Gasteiger partial charge on any atom is 0.418 e. The molecule has 2 aromatic carbocycles. The average Bonchev–Trinajstić information content (AvgIpc) is 3.12. The normalized spacial score (nSPS) is 15.3. The van der Waals surface area contributed by atoms with Crippen LogP contribution in [0.5, 0.6) is 0 Å². The van der Waals surface area contributed by atoms with Crippen molar-refractivity contribution in [2.24, 2.45) is 0 Å². The summed E-state index contributed by atoms with van der Waals surface area (Å²) in [6, 6.07) is 10.6. The highest BCUT2D eigenvalue weighted by atomic mass is 32.2. The van der Waals surface area contributed by atoms with E-state index in [1.54, 1.807) is 0 Å². The molecule has 34 heavy (non-hydrogen) atoms. The third-order valence-corrected chi connectivity index (χ3v) is 7.34. The molecule has 1 unspecified atom stereocenters. The van der Waals surface area contributed by atoms with Gasteiger partial charge in [0, 0.05) is 11.7 Å². The van der Waals surface area contributed by atoms with Crippen LogP contribution in [0.2, 0.25) is 0 Å². The Morgan fingerprint density at radius 3 is 2.56 bits per heavy atom. The Labute approximate surface area is 203 Å². The van der Waals surface area contributed by atoms with E-state index in [4.69, 9.17) is 0 Å². The molecule has 0 bridgehead atoms. The standard InChI is InChI=1S/C24H22F3N3O2S2/c1-13-8-14(2)10-16(9-13)30-22(32)21-19(11-15(3)34-21)29-23(30)33-12-20(31)28-18-7-5-4-6-17(18)24(25,26)27/h4-10,15H,11-12H2,1-3H3,(H,28,31). The number of benzene rings is 2. The van der Waals surface area contributed by atoms with E-state index >= 15 is 0 Å². The van der Waals surface area contributed by atoms with E-state index in [0.29, 0.717) is 27.9 Å². The lowest BCUT2D eigenvalue weighted by Gasteiger charge is -2.16. The van der Waals surface area contributed by atoms with Crippen LogP contribution in [0.1, 0.15) is 29.3 Å². The number of hydrogen-bond acceptors (Lipinski definition) is 5. The number of para-hydroxylation sites is 1. The summed E-state index contributed by atoms with van der Waals surface area (Å²) in [5, 5.41) is 2.89. The first-order valence-electron chi connectivity index (χ1n) is 10.5. The first-order valence-corrected chi connectivity index (χ1v) is 12.4. The van der Waals surface area contributed by atoms with E-state index in [0.717, 1.165) is 29.0 Å². The van der Waals surface area contributed by atoms with E-state index in [1.807, 2.05) is 39.0 Å². The number of nitrogens with one attached hydrogen (secondary N) is 1. The predicted octanol–water partition coefficient (Wildman–Crippen LogP) is 5.64. The number of aryl methyl sites for hydroxylation is 2. The minimum absolute atomic E-state index is 0.199. The fraction of sp³-hybridized carbons (Fsp3) is 0.292. The molecule has 0 saturated carbocycles. The summed E-state index contributed by atoms with van der Waals surface area (Å²) < 4.78 is 41.2. The van der Waals surface area contributed by atoms with Crippen LogP contribution >= 0.6 is 23.5 Å². The maximum atomic E-state index is 13.4. The molecule has 1 atom stereocenters. The fourth-order valence-corrected chi connectivity index (χ4v) is 5.79. The van der Waals surface area contributed by atoms with Crippen molar-refractivity contribution >= 4 is 35.1 Å². The molecule has 10 heteroatoms. The number of carbonyl (C=O) groups is 1. The highest BCUT2D eigenvalue weighted by molar-refractivity contribution is 8.00. The van der Waals surface area contributed by atoms with Crippen LogP contribution in [0, 0.1) is 13.8 Å². The van der Waals surface area contributed by atoms with Crippen LogP contribution in [0.25, 0.3) is 5.69 Å². The number of fused-ring (bicyclic) bond motifs is 1. The Bertz CT molecular complexity index is 1300. The zero-order valence-corrected chi connectivity index (χ0v) is 20.3. The molecule has 4 rings (SSSR count). The average molecular weight is 506 g/mol. The van der Waals surface area contributed by atoms with Crippen molar-refractivity contribution in [1.82, 2.24) is 9.55 Å². The number of amides is 1. The Morgan fingerprint density at radius 1 is 1.21 bits per heavy atom. The number of anilines is 1. The van der Waals surface area contributed by atoms with Crippen molar-refractivity contribution < 1.29 is 18.0 Å². The van der Waals surface area contributed by atoms with Gasteiger partial charge in [-0.15, -0.1) is 11.8 Å². The van der Waals surface area contributed by atoms with Gasteiger partial charge in [0.2, 0.25) is 5.91 Å². The van der Waals surface area contributed by atoms with Crippen molar-refractivity contribution in [3.8, 4) is 5.69 Å². The van der Waals surface area contributed by atoms with Gasteiger partial charge in [-0.1, -0.05) is 36.9 Å². The molecule has 3 aromatic rings. The van der Waals surface area contributed by atoms with Gasteiger partial charge in [0.25, 0.3) is 5.56 Å². The molecule has 0 fully saturated rings. The van der Waals surface area contributed by atoms with Crippen molar-refractivity contribution in [2.45, 2.75) is 48.7 Å². The molecular weight excluding hydrogens is 483 g/mol. The number of carbonyl (C=O) groups excluding carboxylic acids is 1. The smallest absolute Gasteiger partial charge is 0.325 e. The van der Waals surface area contributed by atoms with E-state index < -0.39 is 17.6 Å². The van der Waals surface area contributed by atoms with Crippen LogP contribution in [-0.4, -0.2) is 26.5 Å². The van der Waals surface area contributed by atoms with E-state index in [1.165, 1.54) is 34.5 Å². The predicted molar refractivity (Wildman–Crippen MR) is 129 cm³/mol. The van der Waals surface area contributed by atoms with Gasteiger partial charge < -0.3 is 5.32 Å². The molecule has 1 aromatic heterocycles. The zero-order chi connectivity index (χ0) is 24.6. The van der Waals surface area contributed by atoms with Crippen LogP contribution in [0.3, 0.4) is 0 Å². The fourth-order valence-electron chi connectivity index (χ4n) is 3.86. The van der Waals surface area contributed by atoms with Gasteiger partial charge in [-0.3, -0.25) is 14.2 Å². The van der Waals surface area contributed by atoms with Gasteiger partial charge in [-0.05, 0) is 49.2 Å². The topological polar surface area (TPSA) is 64.0 Å². The molecular formula is C24H22F3N3O2S2. The second-order valence-corrected chi connectivity index (χ2v) is 10.6. The van der Waals surface area contributed by atoms with E-state index in [-0.39, 0.29) is 22.2 Å². The third kappa shape index (κ3) is 5.17. The highest BCUT2D eigenvalue weighted by Crippen LogP contribution is 2.36. The number of halogens is 3. The minimum atomic E-state index is -4.59. The summed E-state index contributed by atoms with van der Waals surface area (Å²) in [5.41, 5.74) is 1.86. The summed E-state index contributed by atoms with van der Waals surface area (Å²) in [7, 11) is 0. The van der Waals surface area contributed by atoms with E-state index in [2.05, 4.69) is 10.3 Å². The summed E-state index contributed by atoms with van der Waals surface area (Å²) in [4.78, 5) is 31.3. The quantitative estimate of drug-likeness (QED) is 0.359. The Balaban J connectivity index is 1.65. The maximum absolute atomic E-state index is 13.4. The lowest BCUT2D eigenvalue weighted by atomic mass is 10.1. The Hall–Kier alpha value is -2.72. The summed E-state index contributed by atoms with van der Waals surface area (Å²) in [6.07, 6.45) is -3.95. The van der Waals surface area contributed by atoms with Gasteiger partial charge in [0.1, 0.15) is 0 Å². The third-order valence-electron chi connectivity index (χ3n) is 5.18. The number of rotatable bonds is 5. The molecule has 178 valence electrons. The SMILES string of the molecule is Cc1cc(C)cc(-n2c(SCC(=O)Nc3ccccc3C(F)(F)F)nc3c(c2=O)SC(C)C3)c1. The molecule has 1 aliphatic rings. The minimum Gasteiger partial charge on any atom is -0.325 e. The second kappa shape index (κ2) is 9.50. The van der Waals surface area contributed by atoms with Crippen LogP contribution < -0.4 is 10.9 Å².